The van der Waals surface area contributed by atoms with Gasteiger partial charge in [-0.05, 0) is 18.2 Å². The quantitative estimate of drug-likeness (QED) is 0.742. The van der Waals surface area contributed by atoms with E-state index in [0.717, 1.165) is 4.31 Å². The molecule has 0 bridgehead atoms. The van der Waals surface area contributed by atoms with Crippen LogP contribution in [0, 0.1) is 5.82 Å². The number of nitrogens with one attached hydrogen (secondary N) is 2. The lowest BCUT2D eigenvalue weighted by Crippen LogP contribution is -2.27. The number of hydrogen-bond acceptors (Lipinski definition) is 4. The molecular weight excluding hydrogens is 321 g/mol. The third-order valence-electron chi connectivity index (χ3n) is 3.49. The molecule has 2 aromatic heterocycles. The Morgan fingerprint density at radius 1 is 1.26 bits per heavy atom. The van der Waals surface area contributed by atoms with E-state index in [1.165, 1.54) is 25.4 Å². The molecular formula is C14H16FN5O2S. The summed E-state index contributed by atoms with van der Waals surface area (Å²) in [5.41, 5.74) is 1.11. The van der Waals surface area contributed by atoms with Crippen LogP contribution in [0.2, 0.25) is 0 Å². The van der Waals surface area contributed by atoms with Crippen molar-refractivity contribution in [1.82, 2.24) is 24.2 Å². The van der Waals surface area contributed by atoms with E-state index >= 15 is 0 Å². The van der Waals surface area contributed by atoms with E-state index in [-0.39, 0.29) is 17.4 Å². The maximum atomic E-state index is 13.2. The van der Waals surface area contributed by atoms with E-state index in [1.807, 2.05) is 6.92 Å². The molecule has 122 valence electrons. The van der Waals surface area contributed by atoms with Crippen LogP contribution in [-0.4, -0.2) is 39.7 Å². The van der Waals surface area contributed by atoms with Crippen LogP contribution in [0.3, 0.4) is 0 Å². The second kappa shape index (κ2) is 5.74. The molecule has 2 N–H and O–H groups in total. The zero-order chi connectivity index (χ0) is 16.6. The highest BCUT2D eigenvalue weighted by atomic mass is 32.2. The van der Waals surface area contributed by atoms with Crippen molar-refractivity contribution >= 4 is 21.1 Å². The monoisotopic (exact) mass is 337 g/mol. The van der Waals surface area contributed by atoms with Gasteiger partial charge >= 0.3 is 0 Å². The van der Waals surface area contributed by atoms with Crippen molar-refractivity contribution in [2.75, 3.05) is 7.05 Å². The van der Waals surface area contributed by atoms with Gasteiger partial charge in [0.2, 0.25) is 0 Å². The predicted octanol–water partition coefficient (Wildman–Crippen LogP) is 1.81. The Bertz CT molecular complexity index is 947. The number of hydrogen-bond donors (Lipinski definition) is 2. The Kier molecular flexibility index (Phi) is 3.90. The van der Waals surface area contributed by atoms with Gasteiger partial charge in [-0.2, -0.15) is 4.31 Å². The molecule has 23 heavy (non-hydrogen) atoms. The minimum absolute atomic E-state index is 0.0407. The topological polar surface area (TPSA) is 94.7 Å². The highest BCUT2D eigenvalue weighted by molar-refractivity contribution is 7.89. The van der Waals surface area contributed by atoms with Crippen LogP contribution in [0.25, 0.3) is 11.0 Å². The van der Waals surface area contributed by atoms with Crippen LogP contribution in [0.1, 0.15) is 18.6 Å². The lowest BCUT2D eigenvalue weighted by molar-refractivity contribution is 0.456. The summed E-state index contributed by atoms with van der Waals surface area (Å²) < 4.78 is 39.3. The van der Waals surface area contributed by atoms with Gasteiger partial charge in [0.15, 0.2) is 5.03 Å². The van der Waals surface area contributed by atoms with E-state index < -0.39 is 10.0 Å². The summed E-state index contributed by atoms with van der Waals surface area (Å²) in [4.78, 5) is 14.0. The van der Waals surface area contributed by atoms with Gasteiger partial charge in [-0.3, -0.25) is 0 Å². The van der Waals surface area contributed by atoms with Crippen molar-refractivity contribution in [3.05, 3.63) is 41.9 Å². The number of aromatic nitrogens is 4. The van der Waals surface area contributed by atoms with Crippen molar-refractivity contribution < 1.29 is 12.8 Å². The molecule has 0 saturated heterocycles. The molecule has 0 aliphatic carbocycles. The van der Waals surface area contributed by atoms with Gasteiger partial charge in [-0.15, -0.1) is 0 Å². The minimum atomic E-state index is -3.69. The fourth-order valence-corrected chi connectivity index (χ4v) is 3.29. The second-order valence-corrected chi connectivity index (χ2v) is 7.17. The third-order valence-corrected chi connectivity index (χ3v) is 5.21. The van der Waals surface area contributed by atoms with Crippen LogP contribution in [0.5, 0.6) is 0 Å². The fourth-order valence-electron chi connectivity index (χ4n) is 2.23. The Balaban J connectivity index is 1.85. The van der Waals surface area contributed by atoms with Crippen LogP contribution < -0.4 is 0 Å². The molecule has 1 aromatic carbocycles. The minimum Gasteiger partial charge on any atom is -0.341 e. The summed E-state index contributed by atoms with van der Waals surface area (Å²) in [6.45, 7) is 1.92. The zero-order valence-electron chi connectivity index (χ0n) is 12.7. The third kappa shape index (κ3) is 2.97. The lowest BCUT2D eigenvalue weighted by atomic mass is 10.3. The van der Waals surface area contributed by atoms with E-state index in [2.05, 4.69) is 19.9 Å². The van der Waals surface area contributed by atoms with Gasteiger partial charge in [0.05, 0.1) is 23.8 Å². The molecule has 0 aliphatic rings. The molecule has 0 atom stereocenters. The number of imidazole rings is 2. The maximum Gasteiger partial charge on any atom is 0.260 e. The first kappa shape index (κ1) is 15.6. The van der Waals surface area contributed by atoms with E-state index in [0.29, 0.717) is 29.1 Å². The number of H-pyrrole nitrogens is 2. The van der Waals surface area contributed by atoms with Gasteiger partial charge < -0.3 is 9.97 Å². The summed E-state index contributed by atoms with van der Waals surface area (Å²) in [6.07, 6.45) is 1.92. The van der Waals surface area contributed by atoms with Gasteiger partial charge in [0, 0.05) is 13.5 Å². The first-order chi connectivity index (χ1) is 10.9. The zero-order valence-corrected chi connectivity index (χ0v) is 13.5. The molecule has 0 spiro atoms. The van der Waals surface area contributed by atoms with Crippen LogP contribution in [0.15, 0.2) is 29.4 Å². The predicted molar refractivity (Wildman–Crippen MR) is 82.7 cm³/mol. The van der Waals surface area contributed by atoms with Gasteiger partial charge in [0.25, 0.3) is 10.0 Å². The highest BCUT2D eigenvalue weighted by Gasteiger charge is 2.24. The number of nitrogens with zero attached hydrogens (tertiary/aromatic N) is 3. The molecule has 7 nitrogen and oxygen atoms in total. The molecule has 0 saturated carbocycles. The summed E-state index contributed by atoms with van der Waals surface area (Å²) in [5, 5.41) is 0.0407. The average molecular weight is 337 g/mol. The number of sulfonamides is 1. The lowest BCUT2D eigenvalue weighted by Gasteiger charge is -2.14. The van der Waals surface area contributed by atoms with E-state index in [1.54, 1.807) is 6.07 Å². The SMILES string of the molecule is CCc1ncc(S(=O)(=O)N(C)Cc2nc3ccc(F)cc3[nH]2)[nH]1. The molecule has 3 rings (SSSR count). The molecule has 0 fully saturated rings. The first-order valence-electron chi connectivity index (χ1n) is 7.04. The molecule has 3 aromatic rings. The van der Waals surface area contributed by atoms with Crippen molar-refractivity contribution in [2.24, 2.45) is 0 Å². The molecule has 0 radical (unpaired) electrons. The molecule has 9 heteroatoms. The van der Waals surface area contributed by atoms with Gasteiger partial charge in [-0.1, -0.05) is 6.92 Å². The summed E-state index contributed by atoms with van der Waals surface area (Å²) in [6, 6.07) is 4.18. The molecule has 0 unspecified atom stereocenters. The summed E-state index contributed by atoms with van der Waals surface area (Å²) in [7, 11) is -2.24. The molecule has 0 amide bonds. The Labute approximate surface area is 132 Å². The molecule has 2 heterocycles. The van der Waals surface area contributed by atoms with Gasteiger partial charge in [0.1, 0.15) is 17.5 Å². The summed E-state index contributed by atoms with van der Waals surface area (Å²) >= 11 is 0. The van der Waals surface area contributed by atoms with E-state index in [9.17, 15) is 12.8 Å². The Hall–Kier alpha value is -2.26. The van der Waals surface area contributed by atoms with Crippen LogP contribution >= 0.6 is 0 Å². The number of aromatic amines is 2. The van der Waals surface area contributed by atoms with Crippen LogP contribution in [0.4, 0.5) is 4.39 Å². The average Bonchev–Trinajstić information content (AvgIpc) is 3.12. The summed E-state index contributed by atoms with van der Waals surface area (Å²) in [5.74, 6) is 0.668. The van der Waals surface area contributed by atoms with E-state index in [4.69, 9.17) is 0 Å². The normalized spacial score (nSPS) is 12.3. The van der Waals surface area contributed by atoms with Crippen molar-refractivity contribution in [1.29, 1.82) is 0 Å². The number of aryl methyl sites for hydroxylation is 1. The number of fused-ring (bicyclic) bond motifs is 1. The fraction of sp³-hybridized carbons (Fsp3) is 0.286. The largest absolute Gasteiger partial charge is 0.341 e. The van der Waals surface area contributed by atoms with Crippen molar-refractivity contribution in [3.8, 4) is 0 Å². The maximum absolute atomic E-state index is 13.2. The smallest absolute Gasteiger partial charge is 0.260 e. The van der Waals surface area contributed by atoms with Crippen molar-refractivity contribution in [3.63, 3.8) is 0 Å². The first-order valence-corrected chi connectivity index (χ1v) is 8.48. The Morgan fingerprint density at radius 2 is 2.04 bits per heavy atom. The van der Waals surface area contributed by atoms with Crippen molar-refractivity contribution in [2.45, 2.75) is 24.9 Å². The number of benzene rings is 1. The highest BCUT2D eigenvalue weighted by Crippen LogP contribution is 2.17. The second-order valence-electron chi connectivity index (χ2n) is 5.15. The van der Waals surface area contributed by atoms with Gasteiger partial charge in [-0.25, -0.2) is 22.8 Å². The Morgan fingerprint density at radius 3 is 2.74 bits per heavy atom. The number of rotatable bonds is 5. The molecule has 0 aliphatic heterocycles. The number of halogens is 1. The standard InChI is InChI=1S/C14H16FN5O2S/c1-3-12-16-7-14(19-12)23(21,22)20(2)8-13-17-10-5-4-9(15)6-11(10)18-13/h4-7H,3,8H2,1-2H3,(H,16,19)(H,17,18). The van der Waals surface area contributed by atoms with Crippen LogP contribution in [-0.2, 0) is 23.0 Å².